The highest BCUT2D eigenvalue weighted by Gasteiger charge is 2.27. The summed E-state index contributed by atoms with van der Waals surface area (Å²) in [5.41, 5.74) is 6.32. The average Bonchev–Trinajstić information content (AvgIpc) is 2.27. The Bertz CT molecular complexity index is 380. The Hall–Kier alpha value is -1.56. The molecule has 0 spiro atoms. The third kappa shape index (κ3) is 2.76. The smallest absolute Gasteiger partial charge is 0.242 e. The predicted octanol–water partition coefficient (Wildman–Crippen LogP) is 0.640. The van der Waals surface area contributed by atoms with Crippen LogP contribution in [0.1, 0.15) is 19.8 Å². The van der Waals surface area contributed by atoms with Crippen LogP contribution in [-0.4, -0.2) is 34.3 Å². The Balaban J connectivity index is 1.93. The highest BCUT2D eigenvalue weighted by Crippen LogP contribution is 2.29. The summed E-state index contributed by atoms with van der Waals surface area (Å²) in [6, 6.07) is 0. The van der Waals surface area contributed by atoms with Gasteiger partial charge in [-0.05, 0) is 25.7 Å². The number of rotatable bonds is 5. The average molecular weight is 238 g/mol. The molecule has 94 valence electrons. The van der Waals surface area contributed by atoms with E-state index in [4.69, 9.17) is 10.5 Å². The van der Waals surface area contributed by atoms with Crippen LogP contribution in [0.2, 0.25) is 0 Å². The molecule has 0 unspecified atom stereocenters. The van der Waals surface area contributed by atoms with Crippen molar-refractivity contribution in [1.29, 1.82) is 0 Å². The molecule has 0 aliphatic heterocycles. The minimum atomic E-state index is -0.136. The fraction of sp³-hybridized carbons (Fsp3) is 0.636. The molecule has 1 fully saturated rings. The van der Waals surface area contributed by atoms with Crippen molar-refractivity contribution in [1.82, 2.24) is 9.97 Å². The number of aliphatic hydroxyl groups is 1. The van der Waals surface area contributed by atoms with Gasteiger partial charge in [0.25, 0.3) is 0 Å². The highest BCUT2D eigenvalue weighted by molar-refractivity contribution is 5.66. The summed E-state index contributed by atoms with van der Waals surface area (Å²) in [7, 11) is 0. The van der Waals surface area contributed by atoms with Crippen molar-refractivity contribution < 1.29 is 9.84 Å². The molecule has 1 heterocycles. The summed E-state index contributed by atoms with van der Waals surface area (Å²) in [6.07, 6.45) is 2.98. The Morgan fingerprint density at radius 3 is 2.94 bits per heavy atom. The third-order valence-corrected chi connectivity index (χ3v) is 2.90. The number of nitrogen functional groups attached to an aromatic ring is 1. The Kier molecular flexibility index (Phi) is 3.63. The molecule has 6 nitrogen and oxygen atoms in total. The van der Waals surface area contributed by atoms with Gasteiger partial charge in [-0.2, -0.15) is 4.98 Å². The fourth-order valence-corrected chi connectivity index (χ4v) is 1.88. The zero-order valence-corrected chi connectivity index (χ0v) is 9.89. The van der Waals surface area contributed by atoms with Crippen LogP contribution in [0.15, 0.2) is 6.33 Å². The first kappa shape index (κ1) is 11.9. The molecule has 1 aliphatic carbocycles. The van der Waals surface area contributed by atoms with Crippen LogP contribution in [0.4, 0.5) is 11.5 Å². The van der Waals surface area contributed by atoms with Gasteiger partial charge < -0.3 is 20.9 Å². The molecule has 1 aromatic heterocycles. The van der Waals surface area contributed by atoms with Crippen molar-refractivity contribution in [3.63, 3.8) is 0 Å². The van der Waals surface area contributed by atoms with Gasteiger partial charge in [-0.1, -0.05) is 0 Å². The zero-order valence-electron chi connectivity index (χ0n) is 9.89. The van der Waals surface area contributed by atoms with Gasteiger partial charge in [-0.25, -0.2) is 4.98 Å². The van der Waals surface area contributed by atoms with E-state index in [2.05, 4.69) is 15.3 Å². The number of nitrogens with two attached hydrogens (primary N) is 1. The van der Waals surface area contributed by atoms with E-state index in [0.29, 0.717) is 29.9 Å². The summed E-state index contributed by atoms with van der Waals surface area (Å²) >= 11 is 0. The number of hydrogen-bond acceptors (Lipinski definition) is 6. The van der Waals surface area contributed by atoms with Crippen molar-refractivity contribution in [2.45, 2.75) is 25.9 Å². The molecule has 1 saturated carbocycles. The molecule has 1 aromatic rings. The van der Waals surface area contributed by atoms with Gasteiger partial charge in [-0.3, -0.25) is 0 Å². The van der Waals surface area contributed by atoms with E-state index in [1.54, 1.807) is 0 Å². The molecule has 2 rings (SSSR count). The van der Waals surface area contributed by atoms with E-state index in [-0.39, 0.29) is 6.10 Å². The number of hydrogen-bond donors (Lipinski definition) is 3. The highest BCUT2D eigenvalue weighted by atomic mass is 16.5. The van der Waals surface area contributed by atoms with E-state index in [0.717, 1.165) is 19.4 Å². The normalized spacial score (nSPS) is 22.9. The zero-order chi connectivity index (χ0) is 12.3. The second kappa shape index (κ2) is 5.18. The number of nitrogens with one attached hydrogen (secondary N) is 1. The lowest BCUT2D eigenvalue weighted by Gasteiger charge is -2.31. The molecule has 17 heavy (non-hydrogen) atoms. The molecule has 0 atom stereocenters. The number of nitrogens with zero attached hydrogens (tertiary/aromatic N) is 2. The van der Waals surface area contributed by atoms with Crippen molar-refractivity contribution in [2.24, 2.45) is 5.92 Å². The SMILES string of the molecule is CCOc1ncnc(NCC2CC(O)C2)c1N. The van der Waals surface area contributed by atoms with Gasteiger partial charge in [0.15, 0.2) is 5.82 Å². The van der Waals surface area contributed by atoms with Gasteiger partial charge in [0, 0.05) is 6.54 Å². The maximum absolute atomic E-state index is 9.19. The quantitative estimate of drug-likeness (QED) is 0.697. The fourth-order valence-electron chi connectivity index (χ4n) is 1.88. The van der Waals surface area contributed by atoms with E-state index >= 15 is 0 Å². The first-order valence-electron chi connectivity index (χ1n) is 5.86. The minimum Gasteiger partial charge on any atom is -0.476 e. The lowest BCUT2D eigenvalue weighted by molar-refractivity contribution is 0.0486. The van der Waals surface area contributed by atoms with Crippen molar-refractivity contribution >= 4 is 11.5 Å². The van der Waals surface area contributed by atoms with Gasteiger partial charge >= 0.3 is 0 Å². The molecule has 0 aromatic carbocycles. The number of aromatic nitrogens is 2. The van der Waals surface area contributed by atoms with E-state index in [9.17, 15) is 5.11 Å². The van der Waals surface area contributed by atoms with Crippen LogP contribution in [0.25, 0.3) is 0 Å². The number of aliphatic hydroxyl groups excluding tert-OH is 1. The van der Waals surface area contributed by atoms with Crippen LogP contribution in [0.5, 0.6) is 5.88 Å². The lowest BCUT2D eigenvalue weighted by atomic mass is 9.82. The van der Waals surface area contributed by atoms with Crippen LogP contribution in [-0.2, 0) is 0 Å². The monoisotopic (exact) mass is 238 g/mol. The summed E-state index contributed by atoms with van der Waals surface area (Å²) in [4.78, 5) is 8.04. The maximum atomic E-state index is 9.19. The van der Waals surface area contributed by atoms with Crippen LogP contribution < -0.4 is 15.8 Å². The second-order valence-electron chi connectivity index (χ2n) is 4.25. The van der Waals surface area contributed by atoms with Gasteiger partial charge in [0.2, 0.25) is 5.88 Å². The molecule has 0 radical (unpaired) electrons. The summed E-state index contributed by atoms with van der Waals surface area (Å²) in [5, 5.41) is 12.4. The molecule has 0 amide bonds. The molecule has 1 aliphatic rings. The Morgan fingerprint density at radius 1 is 1.53 bits per heavy atom. The van der Waals surface area contributed by atoms with E-state index in [1.165, 1.54) is 6.33 Å². The van der Waals surface area contributed by atoms with Gasteiger partial charge in [0.1, 0.15) is 12.0 Å². The number of anilines is 2. The summed E-state index contributed by atoms with van der Waals surface area (Å²) in [5.74, 6) is 1.51. The lowest BCUT2D eigenvalue weighted by Crippen LogP contribution is -2.33. The topological polar surface area (TPSA) is 93.3 Å². The van der Waals surface area contributed by atoms with Crippen molar-refractivity contribution in [3.05, 3.63) is 6.33 Å². The van der Waals surface area contributed by atoms with Crippen molar-refractivity contribution in [2.75, 3.05) is 24.2 Å². The minimum absolute atomic E-state index is 0.136. The first-order valence-corrected chi connectivity index (χ1v) is 5.86. The molecular formula is C11H18N4O2. The molecule has 4 N–H and O–H groups in total. The van der Waals surface area contributed by atoms with E-state index < -0.39 is 0 Å². The van der Waals surface area contributed by atoms with E-state index in [1.807, 2.05) is 6.92 Å². The van der Waals surface area contributed by atoms with Gasteiger partial charge in [0.05, 0.1) is 12.7 Å². The summed E-state index contributed by atoms with van der Waals surface area (Å²) < 4.78 is 5.29. The molecule has 0 saturated heterocycles. The predicted molar refractivity (Wildman–Crippen MR) is 64.8 cm³/mol. The largest absolute Gasteiger partial charge is 0.476 e. The van der Waals surface area contributed by atoms with Crippen LogP contribution >= 0.6 is 0 Å². The second-order valence-corrected chi connectivity index (χ2v) is 4.25. The van der Waals surface area contributed by atoms with Crippen LogP contribution in [0.3, 0.4) is 0 Å². The first-order chi connectivity index (χ1) is 8.20. The summed E-state index contributed by atoms with van der Waals surface area (Å²) in [6.45, 7) is 3.17. The van der Waals surface area contributed by atoms with Gasteiger partial charge in [-0.15, -0.1) is 0 Å². The molecular weight excluding hydrogens is 220 g/mol. The number of ether oxygens (including phenoxy) is 1. The Morgan fingerprint density at radius 2 is 2.29 bits per heavy atom. The molecule has 6 heteroatoms. The van der Waals surface area contributed by atoms with Crippen molar-refractivity contribution in [3.8, 4) is 5.88 Å². The molecule has 0 bridgehead atoms. The Labute approximate surface area is 100 Å². The maximum Gasteiger partial charge on any atom is 0.242 e. The standard InChI is InChI=1S/C11H18N4O2/c1-2-17-11-9(12)10(14-6-15-11)13-5-7-3-8(16)4-7/h6-8,16H,2-5,12H2,1H3,(H,13,14,15). The van der Waals surface area contributed by atoms with Crippen LogP contribution in [0, 0.1) is 5.92 Å². The third-order valence-electron chi connectivity index (χ3n) is 2.90.